The van der Waals surface area contributed by atoms with Crippen LogP contribution < -0.4 is 11.1 Å². The van der Waals surface area contributed by atoms with Crippen LogP contribution in [0.15, 0.2) is 49.1 Å². The molecule has 0 unspecified atom stereocenters. The molecule has 0 saturated carbocycles. The van der Waals surface area contributed by atoms with Gasteiger partial charge in [0.05, 0.1) is 24.5 Å². The van der Waals surface area contributed by atoms with E-state index in [0.29, 0.717) is 16.5 Å². The fraction of sp³-hybridized carbons (Fsp3) is 0.105. The molecule has 0 aliphatic heterocycles. The molecular formula is C19H17ClN8S. The van der Waals surface area contributed by atoms with Crippen LogP contribution in [0.25, 0.3) is 21.7 Å². The molecule has 29 heavy (non-hydrogen) atoms. The van der Waals surface area contributed by atoms with Gasteiger partial charge >= 0.3 is 0 Å². The summed E-state index contributed by atoms with van der Waals surface area (Å²) in [6.07, 6.45) is 4.75. The molecule has 0 bridgehead atoms. The van der Waals surface area contributed by atoms with Crippen LogP contribution >= 0.6 is 25.1 Å². The number of nitrogens with two attached hydrogens (primary N) is 1. The number of benzene rings is 1. The number of nitrogens with one attached hydrogen (secondary N) is 1. The molecule has 8 nitrogen and oxygen atoms in total. The molecule has 4 rings (SSSR count). The molecule has 3 N–H and O–H groups in total. The Hall–Kier alpha value is -3.35. The van der Waals surface area contributed by atoms with Gasteiger partial charge in [0, 0.05) is 17.3 Å². The van der Waals surface area contributed by atoms with E-state index in [4.69, 9.17) is 28.9 Å². The van der Waals surface area contributed by atoms with Gasteiger partial charge in [0.15, 0.2) is 5.65 Å². The molecule has 0 fully saturated rings. The Bertz CT molecular complexity index is 1200. The van der Waals surface area contributed by atoms with Crippen molar-refractivity contribution < 1.29 is 0 Å². The quantitative estimate of drug-likeness (QED) is 0.475. The molecule has 3 aromatic heterocycles. The van der Waals surface area contributed by atoms with E-state index >= 15 is 0 Å². The Morgan fingerprint density at radius 2 is 2.00 bits per heavy atom. The minimum atomic E-state index is -0.245. The standard InChI is InChI=1S/C19H15ClN8.H2S/c1-11(26-18-16(22-2)17(21)23-10-24-18)13-9-28-19(14(20)8-25-28)27-15(13)12-6-4-3-5-7-12;/h3-11H,1H3,(H3,21,23,24,26);1H2/t11-;/m0./s1. The van der Waals surface area contributed by atoms with E-state index in [-0.39, 0.29) is 31.0 Å². The molecule has 3 heterocycles. The largest absolute Gasteiger partial charge is 0.392 e. The number of nitrogens with zero attached hydrogens (tertiary/aromatic N) is 6. The minimum Gasteiger partial charge on any atom is -0.392 e. The molecule has 1 aromatic carbocycles. The van der Waals surface area contributed by atoms with Crippen molar-refractivity contribution >= 4 is 48.1 Å². The Labute approximate surface area is 179 Å². The lowest BCUT2D eigenvalue weighted by Gasteiger charge is -2.19. The minimum absolute atomic E-state index is 0. The average molecular weight is 425 g/mol. The van der Waals surface area contributed by atoms with Gasteiger partial charge in [0.1, 0.15) is 23.0 Å². The summed E-state index contributed by atoms with van der Waals surface area (Å²) in [5.74, 6) is 0.503. The van der Waals surface area contributed by atoms with Gasteiger partial charge in [-0.3, -0.25) is 0 Å². The zero-order valence-electron chi connectivity index (χ0n) is 15.3. The second kappa shape index (κ2) is 8.34. The van der Waals surface area contributed by atoms with E-state index in [0.717, 1.165) is 16.8 Å². The van der Waals surface area contributed by atoms with Crippen molar-refractivity contribution in [1.82, 2.24) is 24.6 Å². The molecule has 0 amide bonds. The summed E-state index contributed by atoms with van der Waals surface area (Å²) in [7, 11) is 0. The van der Waals surface area contributed by atoms with E-state index < -0.39 is 0 Å². The molecule has 0 radical (unpaired) electrons. The highest BCUT2D eigenvalue weighted by Gasteiger charge is 2.19. The van der Waals surface area contributed by atoms with Crippen LogP contribution in [0, 0.1) is 6.57 Å². The van der Waals surface area contributed by atoms with Gasteiger partial charge in [-0.15, -0.1) is 0 Å². The highest BCUT2D eigenvalue weighted by Crippen LogP contribution is 2.33. The number of hydrogen-bond donors (Lipinski definition) is 2. The number of halogens is 1. The highest BCUT2D eigenvalue weighted by atomic mass is 35.5. The van der Waals surface area contributed by atoms with Crippen molar-refractivity contribution in [3.05, 3.63) is 71.1 Å². The summed E-state index contributed by atoms with van der Waals surface area (Å²) in [6.45, 7) is 9.30. The summed E-state index contributed by atoms with van der Waals surface area (Å²) in [6, 6.07) is 9.55. The van der Waals surface area contributed by atoms with Crippen LogP contribution in [-0.2, 0) is 0 Å². The SMILES string of the molecule is S.[C-]#[N+]c1c(N)ncnc1N[C@@H](C)c1cn2ncc(Cl)c2nc1-c1ccccc1. The van der Waals surface area contributed by atoms with E-state index in [9.17, 15) is 0 Å². The maximum absolute atomic E-state index is 7.35. The maximum Gasteiger partial charge on any atom is 0.268 e. The predicted octanol–water partition coefficient (Wildman–Crippen LogP) is 4.26. The van der Waals surface area contributed by atoms with E-state index in [1.807, 2.05) is 43.5 Å². The Morgan fingerprint density at radius 1 is 1.24 bits per heavy atom. The van der Waals surface area contributed by atoms with Crippen molar-refractivity contribution in [2.24, 2.45) is 0 Å². The Kier molecular flexibility index (Phi) is 5.87. The van der Waals surface area contributed by atoms with Gasteiger partial charge in [0.2, 0.25) is 0 Å². The number of anilines is 2. The first-order valence-electron chi connectivity index (χ1n) is 8.42. The van der Waals surface area contributed by atoms with E-state index in [2.05, 4.69) is 25.2 Å². The maximum atomic E-state index is 7.35. The van der Waals surface area contributed by atoms with E-state index in [1.165, 1.54) is 6.33 Å². The Morgan fingerprint density at radius 3 is 2.72 bits per heavy atom. The van der Waals surface area contributed by atoms with Crippen LogP contribution in [0.5, 0.6) is 0 Å². The lowest BCUT2D eigenvalue weighted by Crippen LogP contribution is -2.12. The summed E-state index contributed by atoms with van der Waals surface area (Å²) in [5, 5.41) is 7.97. The fourth-order valence-corrected chi connectivity index (χ4v) is 3.10. The zero-order chi connectivity index (χ0) is 19.7. The summed E-state index contributed by atoms with van der Waals surface area (Å²) in [5.41, 5.74) is 9.13. The fourth-order valence-electron chi connectivity index (χ4n) is 2.93. The van der Waals surface area contributed by atoms with Crippen molar-refractivity contribution in [3.8, 4) is 11.3 Å². The molecule has 4 aromatic rings. The summed E-state index contributed by atoms with van der Waals surface area (Å²) >= 11 is 6.23. The zero-order valence-corrected chi connectivity index (χ0v) is 17.1. The third-order valence-corrected chi connectivity index (χ3v) is 4.57. The number of nitrogen functional groups attached to an aromatic ring is 1. The molecule has 0 spiro atoms. The first-order valence-corrected chi connectivity index (χ1v) is 8.80. The van der Waals surface area contributed by atoms with Gasteiger partial charge in [-0.05, 0) is 6.92 Å². The molecule has 0 aliphatic rings. The van der Waals surface area contributed by atoms with Crippen LogP contribution in [0.2, 0.25) is 5.02 Å². The van der Waals surface area contributed by atoms with Crippen LogP contribution in [0.4, 0.5) is 17.3 Å². The van der Waals surface area contributed by atoms with Crippen LogP contribution in [-0.4, -0.2) is 24.6 Å². The van der Waals surface area contributed by atoms with Crippen molar-refractivity contribution in [1.29, 1.82) is 0 Å². The Balaban J connectivity index is 0.00000240. The second-order valence-corrected chi connectivity index (χ2v) is 6.51. The lowest BCUT2D eigenvalue weighted by molar-refractivity contribution is 0.831. The molecular weight excluding hydrogens is 408 g/mol. The van der Waals surface area contributed by atoms with Gasteiger partial charge in [-0.1, -0.05) is 41.9 Å². The topological polar surface area (TPSA) is 98.4 Å². The second-order valence-electron chi connectivity index (χ2n) is 6.11. The number of rotatable bonds is 4. The molecule has 0 saturated heterocycles. The molecule has 146 valence electrons. The van der Waals surface area contributed by atoms with E-state index in [1.54, 1.807) is 10.7 Å². The smallest absolute Gasteiger partial charge is 0.268 e. The summed E-state index contributed by atoms with van der Waals surface area (Å²) < 4.78 is 1.63. The molecule has 10 heteroatoms. The third-order valence-electron chi connectivity index (χ3n) is 4.31. The van der Waals surface area contributed by atoms with Gasteiger partial charge in [-0.25, -0.2) is 24.3 Å². The number of fused-ring (bicyclic) bond motifs is 1. The first-order chi connectivity index (χ1) is 13.6. The summed E-state index contributed by atoms with van der Waals surface area (Å²) in [4.78, 5) is 16.2. The monoisotopic (exact) mass is 424 g/mol. The molecule has 1 atom stereocenters. The van der Waals surface area contributed by atoms with Crippen molar-refractivity contribution in [3.63, 3.8) is 0 Å². The van der Waals surface area contributed by atoms with Crippen molar-refractivity contribution in [2.45, 2.75) is 13.0 Å². The normalized spacial score (nSPS) is 11.5. The highest BCUT2D eigenvalue weighted by molar-refractivity contribution is 7.59. The lowest BCUT2D eigenvalue weighted by atomic mass is 10.0. The van der Waals surface area contributed by atoms with Gasteiger partial charge in [0.25, 0.3) is 5.69 Å². The average Bonchev–Trinajstić information content (AvgIpc) is 3.08. The molecule has 0 aliphatic carbocycles. The number of hydrogen-bond acceptors (Lipinski definition) is 6. The van der Waals surface area contributed by atoms with Crippen LogP contribution in [0.1, 0.15) is 18.5 Å². The first kappa shape index (κ1) is 20.4. The van der Waals surface area contributed by atoms with Crippen molar-refractivity contribution in [2.75, 3.05) is 11.1 Å². The third kappa shape index (κ3) is 3.81. The van der Waals surface area contributed by atoms with Gasteiger partial charge < -0.3 is 11.1 Å². The predicted molar refractivity (Wildman–Crippen MR) is 119 cm³/mol. The number of aromatic nitrogens is 5. The van der Waals surface area contributed by atoms with Gasteiger partial charge in [-0.2, -0.15) is 18.6 Å². The van der Waals surface area contributed by atoms with Crippen LogP contribution in [0.3, 0.4) is 0 Å².